The SMILES string of the molecule is Cc1ccc2oc(C(C)(O)c3ccc(C)c(C)c3)cc2c1. The number of benzene rings is 2. The average molecular weight is 280 g/mol. The van der Waals surface area contributed by atoms with Gasteiger partial charge in [-0.15, -0.1) is 0 Å². The Kier molecular flexibility index (Phi) is 3.14. The molecule has 21 heavy (non-hydrogen) atoms. The minimum absolute atomic E-state index is 0.575. The molecular formula is C19H20O2. The molecule has 2 nitrogen and oxygen atoms in total. The zero-order chi connectivity index (χ0) is 15.2. The van der Waals surface area contributed by atoms with Gasteiger partial charge in [0.2, 0.25) is 0 Å². The number of aliphatic hydroxyl groups is 1. The van der Waals surface area contributed by atoms with Crippen molar-refractivity contribution in [2.45, 2.75) is 33.3 Å². The Labute approximate surface area is 125 Å². The van der Waals surface area contributed by atoms with E-state index in [-0.39, 0.29) is 0 Å². The molecule has 0 amide bonds. The molecule has 1 atom stereocenters. The van der Waals surface area contributed by atoms with E-state index in [4.69, 9.17) is 4.42 Å². The first-order valence-corrected chi connectivity index (χ1v) is 7.19. The lowest BCUT2D eigenvalue weighted by Gasteiger charge is -2.22. The van der Waals surface area contributed by atoms with Crippen LogP contribution in [0.4, 0.5) is 0 Å². The van der Waals surface area contributed by atoms with Gasteiger partial charge < -0.3 is 9.52 Å². The lowest BCUT2D eigenvalue weighted by molar-refractivity contribution is 0.0786. The topological polar surface area (TPSA) is 33.4 Å². The summed E-state index contributed by atoms with van der Waals surface area (Å²) in [5.41, 5.74) is 4.09. The number of hydrogen-bond donors (Lipinski definition) is 1. The van der Waals surface area contributed by atoms with Crippen LogP contribution in [-0.2, 0) is 5.60 Å². The van der Waals surface area contributed by atoms with Crippen LogP contribution in [0.25, 0.3) is 11.0 Å². The molecule has 2 heteroatoms. The third-order valence-corrected chi connectivity index (χ3v) is 4.22. The zero-order valence-electron chi connectivity index (χ0n) is 12.9. The van der Waals surface area contributed by atoms with Gasteiger partial charge in [-0.3, -0.25) is 0 Å². The fourth-order valence-electron chi connectivity index (χ4n) is 2.59. The summed E-state index contributed by atoms with van der Waals surface area (Å²) in [4.78, 5) is 0. The Hall–Kier alpha value is -2.06. The molecule has 0 saturated heterocycles. The van der Waals surface area contributed by atoms with Crippen LogP contribution < -0.4 is 0 Å². The molecule has 1 unspecified atom stereocenters. The van der Waals surface area contributed by atoms with E-state index < -0.39 is 5.60 Å². The average Bonchev–Trinajstić information content (AvgIpc) is 2.85. The first-order valence-electron chi connectivity index (χ1n) is 7.19. The van der Waals surface area contributed by atoms with E-state index in [2.05, 4.69) is 19.9 Å². The van der Waals surface area contributed by atoms with Crippen LogP contribution in [0.1, 0.15) is 34.9 Å². The van der Waals surface area contributed by atoms with Gasteiger partial charge in [0.25, 0.3) is 0 Å². The smallest absolute Gasteiger partial charge is 0.144 e. The van der Waals surface area contributed by atoms with E-state index in [0.717, 1.165) is 16.5 Å². The molecule has 0 fully saturated rings. The Morgan fingerprint density at radius 3 is 2.38 bits per heavy atom. The van der Waals surface area contributed by atoms with Crippen molar-refractivity contribution in [2.24, 2.45) is 0 Å². The van der Waals surface area contributed by atoms with Crippen LogP contribution in [-0.4, -0.2) is 5.11 Å². The maximum Gasteiger partial charge on any atom is 0.144 e. The Bertz CT molecular complexity index is 810. The van der Waals surface area contributed by atoms with Crippen LogP contribution in [0.3, 0.4) is 0 Å². The summed E-state index contributed by atoms with van der Waals surface area (Å²) in [5, 5.41) is 12.0. The molecule has 3 aromatic rings. The minimum atomic E-state index is -1.13. The summed E-state index contributed by atoms with van der Waals surface area (Å²) in [5.74, 6) is 0.575. The molecule has 0 radical (unpaired) electrons. The van der Waals surface area contributed by atoms with E-state index in [0.29, 0.717) is 5.76 Å². The second kappa shape index (κ2) is 4.74. The maximum atomic E-state index is 10.9. The molecular weight excluding hydrogens is 260 g/mol. The van der Waals surface area contributed by atoms with E-state index in [9.17, 15) is 5.11 Å². The predicted octanol–water partition coefficient (Wildman–Crippen LogP) is 4.61. The van der Waals surface area contributed by atoms with Crippen LogP contribution in [0, 0.1) is 20.8 Å². The van der Waals surface area contributed by atoms with Gasteiger partial charge in [0.15, 0.2) is 0 Å². The van der Waals surface area contributed by atoms with Gasteiger partial charge in [-0.1, -0.05) is 29.8 Å². The molecule has 0 bridgehead atoms. The fraction of sp³-hybridized carbons (Fsp3) is 0.263. The number of rotatable bonds is 2. The highest BCUT2D eigenvalue weighted by molar-refractivity contribution is 5.79. The van der Waals surface area contributed by atoms with Gasteiger partial charge in [-0.2, -0.15) is 0 Å². The highest BCUT2D eigenvalue weighted by Gasteiger charge is 2.30. The van der Waals surface area contributed by atoms with Gasteiger partial charge in [0.05, 0.1) is 0 Å². The minimum Gasteiger partial charge on any atom is -0.458 e. The van der Waals surface area contributed by atoms with Gasteiger partial charge in [0, 0.05) is 5.39 Å². The largest absolute Gasteiger partial charge is 0.458 e. The summed E-state index contributed by atoms with van der Waals surface area (Å²) in [6, 6.07) is 14.0. The fourth-order valence-corrected chi connectivity index (χ4v) is 2.59. The molecule has 0 saturated carbocycles. The van der Waals surface area contributed by atoms with Crippen molar-refractivity contribution < 1.29 is 9.52 Å². The zero-order valence-corrected chi connectivity index (χ0v) is 12.9. The lowest BCUT2D eigenvalue weighted by atomic mass is 9.91. The molecule has 0 spiro atoms. The van der Waals surface area contributed by atoms with E-state index >= 15 is 0 Å². The van der Waals surface area contributed by atoms with Crippen molar-refractivity contribution in [1.82, 2.24) is 0 Å². The highest BCUT2D eigenvalue weighted by atomic mass is 16.4. The van der Waals surface area contributed by atoms with Crippen molar-refractivity contribution in [3.63, 3.8) is 0 Å². The quantitative estimate of drug-likeness (QED) is 0.743. The van der Waals surface area contributed by atoms with Gasteiger partial charge in [-0.25, -0.2) is 0 Å². The van der Waals surface area contributed by atoms with Crippen LogP contribution >= 0.6 is 0 Å². The predicted molar refractivity (Wildman–Crippen MR) is 85.5 cm³/mol. The second-order valence-corrected chi connectivity index (χ2v) is 6.02. The van der Waals surface area contributed by atoms with Crippen molar-refractivity contribution >= 4 is 11.0 Å². The maximum absolute atomic E-state index is 10.9. The monoisotopic (exact) mass is 280 g/mol. The Morgan fingerprint density at radius 1 is 0.905 bits per heavy atom. The first kappa shape index (κ1) is 13.9. The van der Waals surface area contributed by atoms with Crippen molar-refractivity contribution in [1.29, 1.82) is 0 Å². The molecule has 0 aliphatic rings. The highest BCUT2D eigenvalue weighted by Crippen LogP contribution is 2.34. The molecule has 1 aromatic heterocycles. The Balaban J connectivity index is 2.12. The van der Waals surface area contributed by atoms with Crippen molar-refractivity contribution in [2.75, 3.05) is 0 Å². The number of hydrogen-bond acceptors (Lipinski definition) is 2. The third kappa shape index (κ3) is 2.36. The number of furan rings is 1. The van der Waals surface area contributed by atoms with Crippen LogP contribution in [0.2, 0.25) is 0 Å². The molecule has 2 aromatic carbocycles. The normalized spacial score (nSPS) is 14.3. The molecule has 3 rings (SSSR count). The van der Waals surface area contributed by atoms with Crippen molar-refractivity contribution in [3.05, 3.63) is 70.5 Å². The molecule has 1 heterocycles. The second-order valence-electron chi connectivity index (χ2n) is 6.02. The lowest BCUT2D eigenvalue weighted by Crippen LogP contribution is -2.22. The van der Waals surface area contributed by atoms with E-state index in [1.807, 2.05) is 43.3 Å². The van der Waals surface area contributed by atoms with Gasteiger partial charge >= 0.3 is 0 Å². The van der Waals surface area contributed by atoms with E-state index in [1.54, 1.807) is 6.92 Å². The number of fused-ring (bicyclic) bond motifs is 1. The molecule has 108 valence electrons. The number of aryl methyl sites for hydroxylation is 3. The summed E-state index contributed by atoms with van der Waals surface area (Å²) >= 11 is 0. The van der Waals surface area contributed by atoms with Gasteiger partial charge in [-0.05, 0) is 62.6 Å². The molecule has 0 aliphatic carbocycles. The summed E-state index contributed by atoms with van der Waals surface area (Å²) in [7, 11) is 0. The third-order valence-electron chi connectivity index (χ3n) is 4.22. The Morgan fingerprint density at radius 2 is 1.67 bits per heavy atom. The molecule has 0 aliphatic heterocycles. The van der Waals surface area contributed by atoms with Crippen LogP contribution in [0.5, 0.6) is 0 Å². The van der Waals surface area contributed by atoms with Crippen molar-refractivity contribution in [3.8, 4) is 0 Å². The summed E-state index contributed by atoms with van der Waals surface area (Å²) < 4.78 is 5.86. The van der Waals surface area contributed by atoms with Crippen LogP contribution in [0.15, 0.2) is 46.9 Å². The summed E-state index contributed by atoms with van der Waals surface area (Å²) in [6.45, 7) is 7.95. The van der Waals surface area contributed by atoms with Gasteiger partial charge in [0.1, 0.15) is 16.9 Å². The van der Waals surface area contributed by atoms with E-state index in [1.165, 1.54) is 16.7 Å². The molecule has 1 N–H and O–H groups in total. The standard InChI is InChI=1S/C19H20O2/c1-12-5-8-17-15(9-12)11-18(21-17)19(4,20)16-7-6-13(2)14(3)10-16/h5-11,20H,1-4H3. The summed E-state index contributed by atoms with van der Waals surface area (Å²) in [6.07, 6.45) is 0. The first-order chi connectivity index (χ1) is 9.88.